The van der Waals surface area contributed by atoms with Crippen LogP contribution in [0.2, 0.25) is 0 Å². The van der Waals surface area contributed by atoms with Crippen LogP contribution in [0.4, 0.5) is 0 Å². The van der Waals surface area contributed by atoms with Crippen molar-refractivity contribution in [2.75, 3.05) is 19.8 Å². The molecule has 0 radical (unpaired) electrons. The van der Waals surface area contributed by atoms with Gasteiger partial charge in [-0.1, -0.05) is 22.0 Å². The van der Waals surface area contributed by atoms with Crippen molar-refractivity contribution >= 4 is 15.9 Å². The van der Waals surface area contributed by atoms with Gasteiger partial charge in [0.2, 0.25) is 0 Å². The van der Waals surface area contributed by atoms with E-state index in [0.717, 1.165) is 10.0 Å². The van der Waals surface area contributed by atoms with E-state index in [4.69, 9.17) is 9.47 Å². The predicted molar refractivity (Wildman–Crippen MR) is 66.8 cm³/mol. The molecule has 0 saturated heterocycles. The number of rotatable bonds is 6. The lowest BCUT2D eigenvalue weighted by molar-refractivity contribution is 0.108. The first-order chi connectivity index (χ1) is 7.65. The van der Waals surface area contributed by atoms with E-state index in [1.165, 1.54) is 0 Å². The van der Waals surface area contributed by atoms with Gasteiger partial charge < -0.3 is 14.6 Å². The van der Waals surface area contributed by atoms with E-state index in [2.05, 4.69) is 15.9 Å². The number of halogens is 1. The molecule has 0 bridgehead atoms. The monoisotopic (exact) mass is 288 g/mol. The lowest BCUT2D eigenvalue weighted by atomic mass is 10.1. The number of aliphatic hydroxyl groups is 1. The van der Waals surface area contributed by atoms with Gasteiger partial charge in [0.05, 0.1) is 12.7 Å². The Morgan fingerprint density at radius 1 is 1.38 bits per heavy atom. The molecule has 0 heterocycles. The van der Waals surface area contributed by atoms with Gasteiger partial charge in [0.15, 0.2) is 0 Å². The molecule has 1 rings (SSSR count). The summed E-state index contributed by atoms with van der Waals surface area (Å²) in [7, 11) is 0. The number of hydrogen-bond acceptors (Lipinski definition) is 3. The molecule has 1 aromatic rings. The second kappa shape index (κ2) is 6.89. The summed E-state index contributed by atoms with van der Waals surface area (Å²) < 4.78 is 11.7. The smallest absolute Gasteiger partial charge is 0.126 e. The molecule has 16 heavy (non-hydrogen) atoms. The fourth-order valence-corrected chi connectivity index (χ4v) is 1.67. The summed E-state index contributed by atoms with van der Waals surface area (Å²) >= 11 is 3.38. The van der Waals surface area contributed by atoms with Crippen molar-refractivity contribution in [2.24, 2.45) is 0 Å². The van der Waals surface area contributed by atoms with Crippen LogP contribution in [-0.4, -0.2) is 24.9 Å². The average Bonchev–Trinajstić information content (AvgIpc) is 2.24. The summed E-state index contributed by atoms with van der Waals surface area (Å²) in [4.78, 5) is 0. The minimum absolute atomic E-state index is 0.490. The molecule has 0 aliphatic carbocycles. The van der Waals surface area contributed by atoms with Crippen LogP contribution in [0.1, 0.15) is 25.5 Å². The Morgan fingerprint density at radius 3 is 2.75 bits per heavy atom. The molecule has 3 nitrogen and oxygen atoms in total. The first-order valence-corrected chi connectivity index (χ1v) is 6.12. The SMILES string of the molecule is CCOCCOc1cc(Br)ccc1C(C)O. The molecule has 0 amide bonds. The third-order valence-corrected chi connectivity index (χ3v) is 2.61. The number of ether oxygens (including phenoxy) is 2. The molecule has 1 unspecified atom stereocenters. The molecular weight excluding hydrogens is 272 g/mol. The summed E-state index contributed by atoms with van der Waals surface area (Å²) in [6.45, 7) is 5.40. The number of hydrogen-bond donors (Lipinski definition) is 1. The van der Waals surface area contributed by atoms with Gasteiger partial charge in [-0.05, 0) is 26.0 Å². The lowest BCUT2D eigenvalue weighted by Gasteiger charge is -2.13. The zero-order valence-electron chi connectivity index (χ0n) is 9.57. The molecule has 1 atom stereocenters. The van der Waals surface area contributed by atoms with Gasteiger partial charge in [0.1, 0.15) is 12.4 Å². The van der Waals surface area contributed by atoms with Gasteiger partial charge in [-0.3, -0.25) is 0 Å². The van der Waals surface area contributed by atoms with Gasteiger partial charge in [-0.15, -0.1) is 0 Å². The maximum atomic E-state index is 9.57. The number of aliphatic hydroxyl groups excluding tert-OH is 1. The highest BCUT2D eigenvalue weighted by Crippen LogP contribution is 2.28. The molecule has 4 heteroatoms. The van der Waals surface area contributed by atoms with Crippen LogP contribution in [0.25, 0.3) is 0 Å². The molecule has 90 valence electrons. The Balaban J connectivity index is 2.65. The first kappa shape index (κ1) is 13.5. The molecule has 0 aliphatic rings. The zero-order valence-corrected chi connectivity index (χ0v) is 11.2. The van der Waals surface area contributed by atoms with Crippen LogP contribution in [0.15, 0.2) is 22.7 Å². The molecule has 1 N–H and O–H groups in total. The van der Waals surface area contributed by atoms with Crippen molar-refractivity contribution in [3.8, 4) is 5.75 Å². The Bertz CT molecular complexity index is 326. The van der Waals surface area contributed by atoms with Crippen molar-refractivity contribution in [2.45, 2.75) is 20.0 Å². The third kappa shape index (κ3) is 4.12. The lowest BCUT2D eigenvalue weighted by Crippen LogP contribution is -2.08. The number of benzene rings is 1. The largest absolute Gasteiger partial charge is 0.491 e. The Morgan fingerprint density at radius 2 is 2.12 bits per heavy atom. The Labute approximate surface area is 105 Å². The van der Waals surface area contributed by atoms with Crippen LogP contribution < -0.4 is 4.74 Å². The summed E-state index contributed by atoms with van der Waals surface area (Å²) in [6.07, 6.45) is -0.532. The fraction of sp³-hybridized carbons (Fsp3) is 0.500. The standard InChI is InChI=1S/C12H17BrO3/c1-3-15-6-7-16-12-8-10(13)4-5-11(12)9(2)14/h4-5,8-9,14H,3,6-7H2,1-2H3. The van der Waals surface area contributed by atoms with E-state index in [0.29, 0.717) is 25.6 Å². The van der Waals surface area contributed by atoms with E-state index in [9.17, 15) is 5.11 Å². The van der Waals surface area contributed by atoms with Gasteiger partial charge in [-0.2, -0.15) is 0 Å². The molecule has 0 fully saturated rings. The van der Waals surface area contributed by atoms with Gasteiger partial charge in [-0.25, -0.2) is 0 Å². The fourth-order valence-electron chi connectivity index (χ4n) is 1.33. The normalized spacial score (nSPS) is 12.5. The van der Waals surface area contributed by atoms with Crippen molar-refractivity contribution in [3.05, 3.63) is 28.2 Å². The highest BCUT2D eigenvalue weighted by Gasteiger charge is 2.09. The quantitative estimate of drug-likeness (QED) is 0.818. The van der Waals surface area contributed by atoms with Gasteiger partial charge in [0.25, 0.3) is 0 Å². The highest BCUT2D eigenvalue weighted by atomic mass is 79.9. The van der Waals surface area contributed by atoms with Gasteiger partial charge >= 0.3 is 0 Å². The zero-order chi connectivity index (χ0) is 12.0. The van der Waals surface area contributed by atoms with Crippen LogP contribution in [0, 0.1) is 0 Å². The summed E-state index contributed by atoms with van der Waals surface area (Å²) in [5, 5.41) is 9.57. The second-order valence-corrected chi connectivity index (χ2v) is 4.32. The topological polar surface area (TPSA) is 38.7 Å². The van der Waals surface area contributed by atoms with Crippen molar-refractivity contribution in [1.82, 2.24) is 0 Å². The van der Waals surface area contributed by atoms with E-state index in [-0.39, 0.29) is 0 Å². The van der Waals surface area contributed by atoms with Crippen LogP contribution >= 0.6 is 15.9 Å². The minimum atomic E-state index is -0.532. The average molecular weight is 289 g/mol. The predicted octanol–water partition coefficient (Wildman–Crippen LogP) is 2.92. The molecular formula is C12H17BrO3. The summed E-state index contributed by atoms with van der Waals surface area (Å²) in [6, 6.07) is 5.59. The first-order valence-electron chi connectivity index (χ1n) is 5.33. The van der Waals surface area contributed by atoms with Crippen LogP contribution in [-0.2, 0) is 4.74 Å². The van der Waals surface area contributed by atoms with Crippen molar-refractivity contribution < 1.29 is 14.6 Å². The van der Waals surface area contributed by atoms with E-state index in [1.807, 2.05) is 25.1 Å². The molecule has 1 aromatic carbocycles. The third-order valence-electron chi connectivity index (χ3n) is 2.12. The van der Waals surface area contributed by atoms with Crippen molar-refractivity contribution in [3.63, 3.8) is 0 Å². The molecule has 0 aromatic heterocycles. The second-order valence-electron chi connectivity index (χ2n) is 3.40. The van der Waals surface area contributed by atoms with Crippen molar-refractivity contribution in [1.29, 1.82) is 0 Å². The molecule has 0 saturated carbocycles. The van der Waals surface area contributed by atoms with Crippen LogP contribution in [0.3, 0.4) is 0 Å². The maximum Gasteiger partial charge on any atom is 0.126 e. The molecule has 0 aliphatic heterocycles. The van der Waals surface area contributed by atoms with E-state index < -0.39 is 6.10 Å². The van der Waals surface area contributed by atoms with Gasteiger partial charge in [0, 0.05) is 16.6 Å². The Kier molecular flexibility index (Phi) is 5.80. The van der Waals surface area contributed by atoms with Crippen LogP contribution in [0.5, 0.6) is 5.75 Å². The summed E-state index contributed by atoms with van der Waals surface area (Å²) in [5.41, 5.74) is 0.791. The minimum Gasteiger partial charge on any atom is -0.491 e. The highest BCUT2D eigenvalue weighted by molar-refractivity contribution is 9.10. The Hall–Kier alpha value is -0.580. The molecule has 0 spiro atoms. The van der Waals surface area contributed by atoms with E-state index >= 15 is 0 Å². The van der Waals surface area contributed by atoms with E-state index in [1.54, 1.807) is 6.92 Å². The maximum absolute atomic E-state index is 9.57. The summed E-state index contributed by atoms with van der Waals surface area (Å²) in [5.74, 6) is 0.698.